The molecule has 0 fully saturated rings. The van der Waals surface area contributed by atoms with E-state index >= 15 is 0 Å². The molecule has 0 aliphatic carbocycles. The Morgan fingerprint density at radius 1 is 1.19 bits per heavy atom. The topological polar surface area (TPSA) is 59.9 Å². The molecule has 0 bridgehead atoms. The molecule has 8 heteroatoms. The standard InChI is InChI=1S/C18H17F3N2O3/c1-11-3-6-14(9-16(11)19)23-17(24)12(2)26-22-10-13-4-7-15(8-5-13)25-18(20)21/h3-10,12,18H,1-2H3,(H,23,24)/b22-10+. The van der Waals surface area contributed by atoms with Crippen molar-refractivity contribution in [3.05, 3.63) is 59.4 Å². The van der Waals surface area contributed by atoms with E-state index in [0.717, 1.165) is 0 Å². The van der Waals surface area contributed by atoms with Crippen LogP contribution in [0.4, 0.5) is 18.9 Å². The van der Waals surface area contributed by atoms with Crippen LogP contribution in [0.1, 0.15) is 18.1 Å². The first-order valence-electron chi connectivity index (χ1n) is 7.66. The fourth-order valence-corrected chi connectivity index (χ4v) is 1.88. The predicted molar refractivity (Wildman–Crippen MR) is 91.0 cm³/mol. The van der Waals surface area contributed by atoms with Crippen molar-refractivity contribution in [3.8, 4) is 5.75 Å². The minimum atomic E-state index is -2.89. The molecule has 2 rings (SSSR count). The average molecular weight is 366 g/mol. The number of hydrogen-bond acceptors (Lipinski definition) is 4. The summed E-state index contributed by atoms with van der Waals surface area (Å²) < 4.78 is 41.8. The lowest BCUT2D eigenvalue weighted by Gasteiger charge is -2.11. The molecule has 0 saturated heterocycles. The molecule has 138 valence electrons. The molecule has 0 aliphatic rings. The van der Waals surface area contributed by atoms with Gasteiger partial charge in [0.05, 0.1) is 6.21 Å². The average Bonchev–Trinajstić information content (AvgIpc) is 2.59. The number of rotatable bonds is 7. The molecule has 2 aromatic carbocycles. The zero-order valence-corrected chi connectivity index (χ0v) is 14.1. The number of ether oxygens (including phenoxy) is 1. The molecule has 0 spiro atoms. The van der Waals surface area contributed by atoms with Gasteiger partial charge >= 0.3 is 6.61 Å². The van der Waals surface area contributed by atoms with Crippen molar-refractivity contribution in [2.45, 2.75) is 26.6 Å². The summed E-state index contributed by atoms with van der Waals surface area (Å²) >= 11 is 0. The first kappa shape index (κ1) is 19.3. The maximum Gasteiger partial charge on any atom is 0.387 e. The van der Waals surface area contributed by atoms with Gasteiger partial charge in [0.2, 0.25) is 6.10 Å². The second-order valence-electron chi connectivity index (χ2n) is 5.38. The summed E-state index contributed by atoms with van der Waals surface area (Å²) in [6.07, 6.45) is 0.402. The molecule has 0 radical (unpaired) electrons. The summed E-state index contributed by atoms with van der Waals surface area (Å²) in [6.45, 7) is 0.212. The van der Waals surface area contributed by atoms with Crippen LogP contribution in [-0.2, 0) is 9.63 Å². The Morgan fingerprint density at radius 2 is 1.88 bits per heavy atom. The number of oxime groups is 1. The number of carbonyl (C=O) groups is 1. The minimum absolute atomic E-state index is 0.0242. The van der Waals surface area contributed by atoms with Crippen molar-refractivity contribution in [3.63, 3.8) is 0 Å². The van der Waals surface area contributed by atoms with Gasteiger partial charge in [-0.1, -0.05) is 11.2 Å². The van der Waals surface area contributed by atoms with Gasteiger partial charge in [0.1, 0.15) is 11.6 Å². The van der Waals surface area contributed by atoms with Gasteiger partial charge in [-0.15, -0.1) is 0 Å². The van der Waals surface area contributed by atoms with Gasteiger partial charge in [-0.25, -0.2) is 4.39 Å². The Morgan fingerprint density at radius 3 is 2.50 bits per heavy atom. The van der Waals surface area contributed by atoms with Crippen LogP contribution in [0, 0.1) is 12.7 Å². The van der Waals surface area contributed by atoms with E-state index < -0.39 is 24.4 Å². The summed E-state index contributed by atoms with van der Waals surface area (Å²) in [6, 6.07) is 10.1. The Bertz CT molecular complexity index is 780. The highest BCUT2D eigenvalue weighted by Crippen LogP contribution is 2.15. The van der Waals surface area contributed by atoms with Gasteiger partial charge in [-0.05, 0) is 61.4 Å². The summed E-state index contributed by atoms with van der Waals surface area (Å²) in [4.78, 5) is 17.0. The van der Waals surface area contributed by atoms with Gasteiger partial charge in [0.25, 0.3) is 5.91 Å². The second kappa shape index (κ2) is 8.89. The number of alkyl halides is 2. The molecule has 0 saturated carbocycles. The maximum atomic E-state index is 13.5. The molecule has 26 heavy (non-hydrogen) atoms. The normalized spacial score (nSPS) is 12.2. The van der Waals surface area contributed by atoms with Gasteiger partial charge < -0.3 is 14.9 Å². The highest BCUT2D eigenvalue weighted by atomic mass is 19.3. The van der Waals surface area contributed by atoms with Crippen LogP contribution in [0.15, 0.2) is 47.6 Å². The van der Waals surface area contributed by atoms with Crippen LogP contribution in [0.5, 0.6) is 5.75 Å². The highest BCUT2D eigenvalue weighted by Gasteiger charge is 2.14. The Kier molecular flexibility index (Phi) is 6.60. The fourth-order valence-electron chi connectivity index (χ4n) is 1.88. The molecule has 0 heterocycles. The number of halogens is 3. The lowest BCUT2D eigenvalue weighted by atomic mass is 10.2. The van der Waals surface area contributed by atoms with Crippen molar-refractivity contribution in [2.75, 3.05) is 5.32 Å². The molecule has 1 amide bonds. The van der Waals surface area contributed by atoms with Crippen molar-refractivity contribution in [1.29, 1.82) is 0 Å². The second-order valence-corrected chi connectivity index (χ2v) is 5.38. The van der Waals surface area contributed by atoms with E-state index in [1.165, 1.54) is 43.5 Å². The molecule has 5 nitrogen and oxygen atoms in total. The van der Waals surface area contributed by atoms with E-state index in [0.29, 0.717) is 16.8 Å². The Labute approximate surface area is 148 Å². The minimum Gasteiger partial charge on any atom is -0.435 e. The molecule has 0 aliphatic heterocycles. The SMILES string of the molecule is Cc1ccc(NC(=O)C(C)O/N=C/c2ccc(OC(F)F)cc2)cc1F. The quantitative estimate of drug-likeness (QED) is 0.593. The first-order chi connectivity index (χ1) is 12.3. The third-order valence-electron chi connectivity index (χ3n) is 3.33. The van der Waals surface area contributed by atoms with Gasteiger partial charge in [-0.3, -0.25) is 4.79 Å². The van der Waals surface area contributed by atoms with Crippen LogP contribution in [0.25, 0.3) is 0 Å². The van der Waals surface area contributed by atoms with E-state index in [9.17, 15) is 18.0 Å². The number of nitrogens with zero attached hydrogens (tertiary/aromatic N) is 1. The number of aryl methyl sites for hydroxylation is 1. The Hall–Kier alpha value is -3.03. The number of amides is 1. The number of hydrogen-bond donors (Lipinski definition) is 1. The zero-order valence-electron chi connectivity index (χ0n) is 14.1. The molecular formula is C18H17F3N2O3. The smallest absolute Gasteiger partial charge is 0.387 e. The lowest BCUT2D eigenvalue weighted by Crippen LogP contribution is -2.26. The van der Waals surface area contributed by atoms with Crippen LogP contribution in [0.2, 0.25) is 0 Å². The van der Waals surface area contributed by atoms with E-state index in [1.54, 1.807) is 19.1 Å². The van der Waals surface area contributed by atoms with Crippen LogP contribution < -0.4 is 10.1 Å². The van der Waals surface area contributed by atoms with Crippen molar-refractivity contribution in [1.82, 2.24) is 0 Å². The van der Waals surface area contributed by atoms with Crippen LogP contribution in [0.3, 0.4) is 0 Å². The zero-order chi connectivity index (χ0) is 19.1. The summed E-state index contributed by atoms with van der Waals surface area (Å²) in [5.74, 6) is -0.893. The number of nitrogens with one attached hydrogen (secondary N) is 1. The summed E-state index contributed by atoms with van der Waals surface area (Å²) in [5, 5.41) is 6.20. The fraction of sp³-hybridized carbons (Fsp3) is 0.222. The van der Waals surface area contributed by atoms with E-state index in [1.807, 2.05) is 0 Å². The molecular weight excluding hydrogens is 349 g/mol. The van der Waals surface area contributed by atoms with E-state index in [4.69, 9.17) is 4.84 Å². The molecule has 0 aromatic heterocycles. The largest absolute Gasteiger partial charge is 0.435 e. The van der Waals surface area contributed by atoms with Gasteiger partial charge in [-0.2, -0.15) is 8.78 Å². The van der Waals surface area contributed by atoms with Crippen LogP contribution in [-0.4, -0.2) is 24.8 Å². The number of benzene rings is 2. The van der Waals surface area contributed by atoms with E-state index in [-0.39, 0.29) is 5.75 Å². The van der Waals surface area contributed by atoms with Crippen molar-refractivity contribution >= 4 is 17.8 Å². The Balaban J connectivity index is 1.86. The van der Waals surface area contributed by atoms with Crippen molar-refractivity contribution in [2.24, 2.45) is 5.16 Å². The lowest BCUT2D eigenvalue weighted by molar-refractivity contribution is -0.126. The molecule has 1 N–H and O–H groups in total. The highest BCUT2D eigenvalue weighted by molar-refractivity contribution is 5.94. The van der Waals surface area contributed by atoms with Crippen LogP contribution >= 0.6 is 0 Å². The maximum absolute atomic E-state index is 13.5. The first-order valence-corrected chi connectivity index (χ1v) is 7.66. The monoisotopic (exact) mass is 366 g/mol. The third-order valence-corrected chi connectivity index (χ3v) is 3.33. The predicted octanol–water partition coefficient (Wildman–Crippen LogP) is 4.11. The summed E-state index contributed by atoms with van der Waals surface area (Å²) in [5.41, 5.74) is 1.36. The molecule has 2 aromatic rings. The third kappa shape index (κ3) is 5.80. The molecule has 1 atom stereocenters. The van der Waals surface area contributed by atoms with E-state index in [2.05, 4.69) is 15.2 Å². The summed E-state index contributed by atoms with van der Waals surface area (Å²) in [7, 11) is 0. The molecule has 1 unspecified atom stereocenters. The number of carbonyl (C=O) groups excluding carboxylic acids is 1. The van der Waals surface area contributed by atoms with Gasteiger partial charge in [0, 0.05) is 5.69 Å². The van der Waals surface area contributed by atoms with Crippen molar-refractivity contribution < 1.29 is 27.5 Å². The van der Waals surface area contributed by atoms with Gasteiger partial charge in [0.15, 0.2) is 0 Å². The number of anilines is 1.